The van der Waals surface area contributed by atoms with E-state index in [9.17, 15) is 27.6 Å². The molecule has 2 unspecified atom stereocenters. The Morgan fingerprint density at radius 1 is 0.955 bits per heavy atom. The van der Waals surface area contributed by atoms with E-state index in [0.29, 0.717) is 52.5 Å². The number of nitrogens with one attached hydrogen (secondary N) is 3. The Morgan fingerprint density at radius 2 is 1.70 bits per heavy atom. The second kappa shape index (κ2) is 18.8. The number of carbonyl (C=O) groups excluding carboxylic acids is 2. The third-order valence-corrected chi connectivity index (χ3v) is 15.6. The number of aryl methyl sites for hydroxylation is 2. The Kier molecular flexibility index (Phi) is 13.1. The number of nitrogens with zero attached hydrogens (tertiary/aromatic N) is 7. The van der Waals surface area contributed by atoms with Crippen LogP contribution < -0.4 is 31.5 Å². The first kappa shape index (κ1) is 45.9. The lowest BCUT2D eigenvalue weighted by Crippen LogP contribution is -2.48. The maximum Gasteiger partial charge on any atom is 0.329 e. The predicted molar refractivity (Wildman–Crippen MR) is 249 cm³/mol. The summed E-state index contributed by atoms with van der Waals surface area (Å²) < 4.78 is 56.2. The summed E-state index contributed by atoms with van der Waals surface area (Å²) in [5.74, 6) is -0.661. The van der Waals surface area contributed by atoms with Gasteiger partial charge in [0.05, 0.1) is 28.3 Å². The molecule has 0 spiro atoms. The molecule has 352 valence electrons. The topological polar surface area (TPSA) is 195 Å². The second-order valence-electron chi connectivity index (χ2n) is 18.4. The fraction of sp³-hybridized carbons (Fsp3) is 0.522. The minimum atomic E-state index is -3.84. The number of hydrogen-bond acceptors (Lipinski definition) is 12. The van der Waals surface area contributed by atoms with Crippen LogP contribution in [0.4, 0.5) is 21.7 Å². The van der Waals surface area contributed by atoms with Gasteiger partial charge in [-0.3, -0.25) is 38.3 Å². The molecule has 20 heteroatoms. The van der Waals surface area contributed by atoms with Gasteiger partial charge in [0.25, 0.3) is 5.56 Å². The van der Waals surface area contributed by atoms with E-state index >= 15 is 4.39 Å². The van der Waals surface area contributed by atoms with Gasteiger partial charge in [-0.25, -0.2) is 27.3 Å². The number of carbonyl (C=O) groups is 2. The molecule has 5 aromatic rings. The number of piperazine rings is 1. The summed E-state index contributed by atoms with van der Waals surface area (Å²) in [6.45, 7) is 7.52. The summed E-state index contributed by atoms with van der Waals surface area (Å²) >= 11 is 6.29. The number of imidazole rings is 1. The number of fused-ring (bicyclic) bond motifs is 2. The van der Waals surface area contributed by atoms with Crippen molar-refractivity contribution in [1.82, 2.24) is 38.6 Å². The molecule has 0 radical (unpaired) electrons. The summed E-state index contributed by atoms with van der Waals surface area (Å²) in [5.41, 5.74) is 1.94. The van der Waals surface area contributed by atoms with Crippen LogP contribution in [-0.4, -0.2) is 100 Å². The molecule has 2 aliphatic carbocycles. The van der Waals surface area contributed by atoms with Gasteiger partial charge in [0.15, 0.2) is 5.82 Å². The summed E-state index contributed by atoms with van der Waals surface area (Å²) in [6.07, 6.45) is 9.21. The highest BCUT2D eigenvalue weighted by molar-refractivity contribution is 7.89. The number of imide groups is 1. The van der Waals surface area contributed by atoms with E-state index < -0.39 is 33.5 Å². The maximum atomic E-state index is 16.2. The van der Waals surface area contributed by atoms with Gasteiger partial charge >= 0.3 is 5.69 Å². The molecule has 9 rings (SSSR count). The van der Waals surface area contributed by atoms with Crippen molar-refractivity contribution in [3.8, 4) is 0 Å². The van der Waals surface area contributed by atoms with Gasteiger partial charge in [-0.15, -0.1) is 0 Å². The third-order valence-electron chi connectivity index (χ3n) is 13.9. The zero-order valence-corrected chi connectivity index (χ0v) is 39.0. The number of piperidine rings is 1. The zero-order valence-electron chi connectivity index (χ0n) is 37.4. The quantitative estimate of drug-likeness (QED) is 0.127. The van der Waals surface area contributed by atoms with Crippen LogP contribution in [0.2, 0.25) is 5.02 Å². The van der Waals surface area contributed by atoms with Gasteiger partial charge in [-0.05, 0) is 107 Å². The maximum absolute atomic E-state index is 16.2. The normalized spacial score (nSPS) is 21.8. The highest BCUT2D eigenvalue weighted by Gasteiger charge is 2.34. The minimum Gasteiger partial charge on any atom is -0.374 e. The van der Waals surface area contributed by atoms with Crippen LogP contribution >= 0.6 is 11.6 Å². The molecule has 5 heterocycles. The molecule has 2 aliphatic heterocycles. The molecule has 2 aromatic carbocycles. The monoisotopic (exact) mass is 946 g/mol. The molecular weight excluding hydrogens is 891 g/mol. The summed E-state index contributed by atoms with van der Waals surface area (Å²) in [5, 5.41) is 6.29. The van der Waals surface area contributed by atoms with Crippen molar-refractivity contribution >= 4 is 72.8 Å². The number of rotatable bonds is 13. The summed E-state index contributed by atoms with van der Waals surface area (Å²) in [4.78, 5) is 64.3. The van der Waals surface area contributed by atoms with Gasteiger partial charge in [0.1, 0.15) is 22.2 Å². The van der Waals surface area contributed by atoms with Crippen molar-refractivity contribution in [3.05, 3.63) is 79.8 Å². The Bertz CT molecular complexity index is 2920. The Hall–Kier alpha value is -5.21. The van der Waals surface area contributed by atoms with E-state index in [1.165, 1.54) is 22.2 Å². The van der Waals surface area contributed by atoms with Crippen LogP contribution in [-0.2, 0) is 31.4 Å². The number of sulfonamides is 1. The SMILES string of the molecule is Cc1cc(S(=O)(=O)NCC(C)OC2CCC(CN3CCN(c4ccc5c(c4F)n(C)c(=O)n5C4CCC(=O)NC4=O)CC3)CC2)ccc1Nc1ncc2cc(Cl)c(=O)n(C3CCCC3)c2n1. The van der Waals surface area contributed by atoms with Gasteiger partial charge < -0.3 is 15.0 Å². The standard InChI is InChI=1S/C46H56ClFN10O7S/c1-27-22-33(12-13-35(27)51-45-49-25-30-23-34(47)44(61)57(42(30)53-45)31-6-4-5-7-31)66(63,64)50-24-28(2)65-32-10-8-29(9-11-32)26-55-18-20-56(21-19-55)36-14-15-37-41(40(36)48)54(3)46(62)58(37)38-16-17-39(59)52-43(38)60/h12-15,22-23,25,28-29,31-32,38,50H,4-11,16-21,24,26H2,1-3H3,(H,49,51,53)(H,52,59,60). The van der Waals surface area contributed by atoms with Crippen molar-refractivity contribution in [1.29, 1.82) is 0 Å². The highest BCUT2D eigenvalue weighted by Crippen LogP contribution is 2.34. The van der Waals surface area contributed by atoms with E-state index in [2.05, 4.69) is 25.2 Å². The number of ether oxygens (including phenoxy) is 1. The fourth-order valence-corrected chi connectivity index (χ4v) is 11.7. The average Bonchev–Trinajstić information content (AvgIpc) is 3.91. The number of benzene rings is 2. The van der Waals surface area contributed by atoms with E-state index in [1.807, 2.05) is 11.8 Å². The fourth-order valence-electron chi connectivity index (χ4n) is 10.3. The van der Waals surface area contributed by atoms with Gasteiger partial charge in [0.2, 0.25) is 27.8 Å². The van der Waals surface area contributed by atoms with Crippen molar-refractivity contribution in [2.75, 3.05) is 49.5 Å². The van der Waals surface area contributed by atoms with E-state index in [4.69, 9.17) is 21.3 Å². The predicted octanol–water partition coefficient (Wildman–Crippen LogP) is 5.45. The first-order valence-corrected chi connectivity index (χ1v) is 24.8. The Balaban J connectivity index is 0.732. The molecule has 3 N–H and O–H groups in total. The van der Waals surface area contributed by atoms with Crippen molar-refractivity contribution in [2.24, 2.45) is 13.0 Å². The van der Waals surface area contributed by atoms with E-state index in [1.54, 1.807) is 48.0 Å². The smallest absolute Gasteiger partial charge is 0.329 e. The molecule has 66 heavy (non-hydrogen) atoms. The van der Waals surface area contributed by atoms with Crippen molar-refractivity contribution < 1.29 is 27.1 Å². The molecule has 17 nitrogen and oxygen atoms in total. The lowest BCUT2D eigenvalue weighted by atomic mass is 9.87. The zero-order chi connectivity index (χ0) is 46.4. The Morgan fingerprint density at radius 3 is 2.41 bits per heavy atom. The number of hydrogen-bond donors (Lipinski definition) is 3. The molecule has 0 bridgehead atoms. The average molecular weight is 948 g/mol. The summed E-state index contributed by atoms with van der Waals surface area (Å²) in [6, 6.07) is 8.92. The molecule has 2 saturated heterocycles. The number of aromatic nitrogens is 5. The Labute approximate surface area is 386 Å². The number of anilines is 3. The molecule has 3 aromatic heterocycles. The van der Waals surface area contributed by atoms with Gasteiger partial charge in [0, 0.05) is 76.0 Å². The molecule has 4 fully saturated rings. The lowest BCUT2D eigenvalue weighted by molar-refractivity contribution is -0.135. The number of halogens is 2. The first-order chi connectivity index (χ1) is 31.6. The van der Waals surface area contributed by atoms with E-state index in [-0.39, 0.29) is 70.5 Å². The van der Waals surface area contributed by atoms with Crippen LogP contribution in [0.1, 0.15) is 88.8 Å². The van der Waals surface area contributed by atoms with E-state index in [0.717, 1.165) is 71.0 Å². The van der Waals surface area contributed by atoms with Crippen LogP contribution in [0, 0.1) is 18.7 Å². The van der Waals surface area contributed by atoms with Crippen molar-refractivity contribution in [2.45, 2.75) is 107 Å². The lowest BCUT2D eigenvalue weighted by Gasteiger charge is -2.39. The summed E-state index contributed by atoms with van der Waals surface area (Å²) in [7, 11) is -2.34. The van der Waals surface area contributed by atoms with Gasteiger partial charge in [-0.2, -0.15) is 4.98 Å². The van der Waals surface area contributed by atoms with Crippen molar-refractivity contribution in [3.63, 3.8) is 0 Å². The third kappa shape index (κ3) is 9.24. The van der Waals surface area contributed by atoms with Crippen LogP contribution in [0.25, 0.3) is 22.1 Å². The molecule has 2 saturated carbocycles. The van der Waals surface area contributed by atoms with Crippen LogP contribution in [0.3, 0.4) is 0 Å². The van der Waals surface area contributed by atoms with Crippen LogP contribution in [0.5, 0.6) is 0 Å². The minimum absolute atomic E-state index is 0.0271. The first-order valence-electron chi connectivity index (χ1n) is 23.0. The largest absolute Gasteiger partial charge is 0.374 e. The molecule has 4 aliphatic rings. The molecule has 2 atom stereocenters. The second-order valence-corrected chi connectivity index (χ2v) is 20.5. The van der Waals surface area contributed by atoms with Gasteiger partial charge in [-0.1, -0.05) is 24.4 Å². The highest BCUT2D eigenvalue weighted by atomic mass is 35.5. The molecular formula is C46H56ClFN10O7S. The van der Waals surface area contributed by atoms with Crippen LogP contribution in [0.15, 0.2) is 57.1 Å². The number of amides is 2. The molecule has 2 amide bonds. The number of pyridine rings is 1.